The number of carboxylic acids is 1. The van der Waals surface area contributed by atoms with E-state index in [-0.39, 0.29) is 26.2 Å². The van der Waals surface area contributed by atoms with Crippen molar-refractivity contribution in [2.75, 3.05) is 13.3 Å². The lowest BCUT2D eigenvalue weighted by molar-refractivity contribution is -0.166. The highest BCUT2D eigenvalue weighted by Crippen LogP contribution is 2.45. The van der Waals surface area contributed by atoms with Crippen LogP contribution in [-0.4, -0.2) is 57.8 Å². The smallest absolute Gasteiger partial charge is 0.336 e. The number of nitrogens with zero attached hydrogens (tertiary/aromatic N) is 1. The zero-order chi connectivity index (χ0) is 28.8. The Bertz CT molecular complexity index is 1690. The van der Waals surface area contributed by atoms with Crippen molar-refractivity contribution in [1.82, 2.24) is 15.2 Å². The summed E-state index contributed by atoms with van der Waals surface area (Å²) in [6.45, 7) is 0.488. The summed E-state index contributed by atoms with van der Waals surface area (Å²) in [6, 6.07) is 20.2. The van der Waals surface area contributed by atoms with Crippen LogP contribution in [-0.2, 0) is 32.1 Å². The van der Waals surface area contributed by atoms with Crippen LogP contribution in [0.1, 0.15) is 41.3 Å². The number of para-hydroxylation sites is 1. The van der Waals surface area contributed by atoms with Crippen molar-refractivity contribution >= 4 is 28.7 Å². The molecular weight excluding hydrogens is 538 g/mol. The number of hydrogen-bond acceptors (Lipinski definition) is 7. The second-order valence-electron chi connectivity index (χ2n) is 10.8. The molecule has 3 N–H and O–H groups in total. The second-order valence-corrected chi connectivity index (χ2v) is 10.8. The molecule has 1 aromatic heterocycles. The number of esters is 1. The lowest BCUT2D eigenvalue weighted by Crippen LogP contribution is -2.65. The Morgan fingerprint density at radius 3 is 2.57 bits per heavy atom. The third kappa shape index (κ3) is 4.18. The van der Waals surface area contributed by atoms with Gasteiger partial charge in [-0.05, 0) is 54.3 Å². The highest BCUT2D eigenvalue weighted by atomic mass is 16.7. The number of aromatic amines is 1. The molecule has 3 aliphatic heterocycles. The predicted molar refractivity (Wildman–Crippen MR) is 151 cm³/mol. The van der Waals surface area contributed by atoms with E-state index < -0.39 is 35.5 Å². The van der Waals surface area contributed by atoms with E-state index in [1.54, 1.807) is 18.2 Å². The number of amides is 1. The molecule has 10 heteroatoms. The van der Waals surface area contributed by atoms with Crippen molar-refractivity contribution in [2.45, 2.75) is 43.5 Å². The van der Waals surface area contributed by atoms with E-state index in [1.165, 1.54) is 4.90 Å². The van der Waals surface area contributed by atoms with Crippen LogP contribution in [0, 0.1) is 0 Å². The fraction of sp³-hybridized carbons (Fsp3) is 0.281. The maximum absolute atomic E-state index is 14.8. The van der Waals surface area contributed by atoms with Crippen LogP contribution in [0.5, 0.6) is 11.5 Å². The van der Waals surface area contributed by atoms with Gasteiger partial charge in [0.1, 0.15) is 12.6 Å². The van der Waals surface area contributed by atoms with Crippen LogP contribution in [0.15, 0.2) is 72.8 Å². The maximum Gasteiger partial charge on any atom is 0.336 e. The van der Waals surface area contributed by atoms with E-state index >= 15 is 0 Å². The third-order valence-electron chi connectivity index (χ3n) is 8.45. The molecule has 10 nitrogen and oxygen atoms in total. The summed E-state index contributed by atoms with van der Waals surface area (Å²) in [5.41, 5.74) is 2.06. The Hall–Kier alpha value is -4.83. The van der Waals surface area contributed by atoms with Crippen molar-refractivity contribution in [1.29, 1.82) is 0 Å². The number of H-pyrrole nitrogens is 1. The SMILES string of the molecule is O=C(O)C1Cc2c([nH]c3ccccc23)C(c2ccc3c(c2)OCO3)N1C(=O)[C@]1(C(=O)OCc2ccccc2)CCCN1. The zero-order valence-corrected chi connectivity index (χ0v) is 22.7. The normalized spacial score (nSPS) is 22.6. The van der Waals surface area contributed by atoms with Gasteiger partial charge in [0.05, 0.1) is 6.04 Å². The van der Waals surface area contributed by atoms with E-state index in [2.05, 4.69) is 10.3 Å². The molecule has 42 heavy (non-hydrogen) atoms. The Kier molecular flexibility index (Phi) is 6.35. The van der Waals surface area contributed by atoms with E-state index in [0.29, 0.717) is 35.7 Å². The summed E-state index contributed by atoms with van der Waals surface area (Å²) in [5.74, 6) is -1.43. The number of carboxylic acid groups (broad SMARTS) is 1. The second kappa shape index (κ2) is 10.2. The number of aliphatic carboxylic acids is 1. The molecule has 4 aromatic rings. The van der Waals surface area contributed by atoms with Gasteiger partial charge in [0.15, 0.2) is 17.0 Å². The van der Waals surface area contributed by atoms with Gasteiger partial charge in [-0.2, -0.15) is 0 Å². The highest BCUT2D eigenvalue weighted by Gasteiger charge is 2.56. The van der Waals surface area contributed by atoms with Gasteiger partial charge in [-0.25, -0.2) is 9.59 Å². The average Bonchev–Trinajstić information content (AvgIpc) is 3.77. The molecular formula is C32H29N3O7. The minimum Gasteiger partial charge on any atom is -0.480 e. The zero-order valence-electron chi connectivity index (χ0n) is 22.7. The minimum atomic E-state index is -1.72. The monoisotopic (exact) mass is 567 g/mol. The van der Waals surface area contributed by atoms with Crippen LogP contribution in [0.4, 0.5) is 0 Å². The fourth-order valence-corrected chi connectivity index (χ4v) is 6.41. The molecule has 0 radical (unpaired) electrons. The molecule has 1 saturated heterocycles. The van der Waals surface area contributed by atoms with Gasteiger partial charge in [-0.1, -0.05) is 54.6 Å². The number of nitrogens with one attached hydrogen (secondary N) is 2. The average molecular weight is 568 g/mol. The molecule has 0 spiro atoms. The van der Waals surface area contributed by atoms with Crippen LogP contribution in [0.2, 0.25) is 0 Å². The topological polar surface area (TPSA) is 130 Å². The minimum absolute atomic E-state index is 0.00347. The van der Waals surface area contributed by atoms with Crippen molar-refractivity contribution in [3.8, 4) is 11.5 Å². The molecule has 1 fully saturated rings. The molecule has 7 rings (SSSR count). The van der Waals surface area contributed by atoms with E-state index in [0.717, 1.165) is 22.0 Å². The number of benzene rings is 3. The van der Waals surface area contributed by atoms with Crippen LogP contribution >= 0.6 is 0 Å². The number of carbonyl (C=O) groups excluding carboxylic acids is 2. The first-order valence-corrected chi connectivity index (χ1v) is 14.0. The molecule has 3 aromatic carbocycles. The Morgan fingerprint density at radius 2 is 1.79 bits per heavy atom. The Labute approximate surface area is 241 Å². The molecule has 0 saturated carbocycles. The summed E-state index contributed by atoms with van der Waals surface area (Å²) in [7, 11) is 0. The summed E-state index contributed by atoms with van der Waals surface area (Å²) in [6.07, 6.45) is 0.830. The standard InChI is InChI=1S/C32H29N3O7/c36-29(37)24-16-22-21-9-4-5-10-23(21)34-27(22)28(20-11-12-25-26(15-20)42-18-41-25)35(24)30(38)32(13-6-14-33-32)31(39)40-17-19-7-2-1-3-8-19/h1-5,7-12,15,24,28,33-34H,6,13-14,16-18H2,(H,36,37)/t24?,28?,32-/m0/s1. The quantitative estimate of drug-likeness (QED) is 0.238. The first-order valence-electron chi connectivity index (χ1n) is 14.0. The molecule has 3 aliphatic rings. The van der Waals surface area contributed by atoms with Gasteiger partial charge in [-0.3, -0.25) is 10.1 Å². The molecule has 4 heterocycles. The number of ether oxygens (including phenoxy) is 3. The summed E-state index contributed by atoms with van der Waals surface area (Å²) < 4.78 is 16.8. The first-order chi connectivity index (χ1) is 20.5. The third-order valence-corrected chi connectivity index (χ3v) is 8.45. The molecule has 214 valence electrons. The van der Waals surface area contributed by atoms with Gasteiger partial charge in [0.25, 0.3) is 5.91 Å². The van der Waals surface area contributed by atoms with Crippen molar-refractivity contribution < 1.29 is 33.7 Å². The largest absolute Gasteiger partial charge is 0.480 e. The Morgan fingerprint density at radius 1 is 1.00 bits per heavy atom. The van der Waals surface area contributed by atoms with Gasteiger partial charge >= 0.3 is 11.9 Å². The molecule has 1 amide bonds. The fourth-order valence-electron chi connectivity index (χ4n) is 6.41. The highest BCUT2D eigenvalue weighted by molar-refractivity contribution is 6.09. The van der Waals surface area contributed by atoms with Crippen molar-refractivity contribution in [3.63, 3.8) is 0 Å². The Balaban J connectivity index is 1.35. The maximum atomic E-state index is 14.8. The van der Waals surface area contributed by atoms with Crippen LogP contribution in [0.3, 0.4) is 0 Å². The van der Waals surface area contributed by atoms with Crippen molar-refractivity contribution in [2.24, 2.45) is 0 Å². The lowest BCUT2D eigenvalue weighted by atomic mass is 9.84. The number of carbonyl (C=O) groups is 3. The van der Waals surface area contributed by atoms with Gasteiger partial charge in [-0.15, -0.1) is 0 Å². The van der Waals surface area contributed by atoms with Crippen molar-refractivity contribution in [3.05, 3.63) is 95.2 Å². The van der Waals surface area contributed by atoms with Crippen LogP contribution < -0.4 is 14.8 Å². The number of rotatable bonds is 6. The van der Waals surface area contributed by atoms with Crippen LogP contribution in [0.25, 0.3) is 10.9 Å². The number of fused-ring (bicyclic) bond motifs is 4. The van der Waals surface area contributed by atoms with E-state index in [9.17, 15) is 19.5 Å². The summed E-state index contributed by atoms with van der Waals surface area (Å²) in [5, 5.41) is 14.6. The summed E-state index contributed by atoms with van der Waals surface area (Å²) >= 11 is 0. The van der Waals surface area contributed by atoms with Gasteiger partial charge in [0, 0.05) is 23.0 Å². The molecule has 0 bridgehead atoms. The van der Waals surface area contributed by atoms with E-state index in [1.807, 2.05) is 54.6 Å². The van der Waals surface area contributed by atoms with E-state index in [4.69, 9.17) is 14.2 Å². The first kappa shape index (κ1) is 26.1. The summed E-state index contributed by atoms with van der Waals surface area (Å²) in [4.78, 5) is 46.2. The molecule has 0 aliphatic carbocycles. The van der Waals surface area contributed by atoms with Gasteiger partial charge < -0.3 is 29.2 Å². The molecule has 2 unspecified atom stereocenters. The van der Waals surface area contributed by atoms with Gasteiger partial charge in [0.2, 0.25) is 6.79 Å². The predicted octanol–water partition coefficient (Wildman–Crippen LogP) is 3.69. The molecule has 3 atom stereocenters. The number of aromatic nitrogens is 1. The number of hydrogen-bond donors (Lipinski definition) is 3. The lowest BCUT2D eigenvalue weighted by Gasteiger charge is -2.43.